The Balaban J connectivity index is 2.02. The van der Waals surface area contributed by atoms with Gasteiger partial charge >= 0.3 is 5.97 Å². The van der Waals surface area contributed by atoms with Gasteiger partial charge < -0.3 is 14.6 Å². The van der Waals surface area contributed by atoms with Gasteiger partial charge in [-0.25, -0.2) is 0 Å². The zero-order valence-corrected chi connectivity index (χ0v) is 8.51. The fourth-order valence-electron chi connectivity index (χ4n) is 1.91. The molecule has 1 N–H and O–H groups in total. The second kappa shape index (κ2) is 3.90. The van der Waals surface area contributed by atoms with Crippen molar-refractivity contribution >= 4 is 11.8 Å². The average Bonchev–Trinajstić information content (AvgIpc) is 2.80. The summed E-state index contributed by atoms with van der Waals surface area (Å²) in [5, 5.41) is 9.59. The third-order valence-electron chi connectivity index (χ3n) is 2.68. The number of fused-ring (bicyclic) bond motifs is 1. The van der Waals surface area contributed by atoms with Gasteiger partial charge in [0.1, 0.15) is 24.4 Å². The normalized spacial score (nSPS) is 41.7. The van der Waals surface area contributed by atoms with Crippen molar-refractivity contribution in [1.29, 1.82) is 0 Å². The second-order valence-electron chi connectivity index (χ2n) is 4.16. The molecule has 0 saturated carbocycles. The van der Waals surface area contributed by atoms with Gasteiger partial charge in [-0.1, -0.05) is 0 Å². The number of aliphatic hydroxyl groups is 1. The highest BCUT2D eigenvalue weighted by molar-refractivity contribution is 5.95. The fraction of sp³-hybridized carbons (Fsp3) is 0.800. The van der Waals surface area contributed by atoms with E-state index in [1.165, 1.54) is 0 Å². The smallest absolute Gasteiger partial charge is 0.313 e. The maximum atomic E-state index is 11.3. The molecule has 0 aromatic rings. The minimum Gasteiger partial charge on any atom is -0.462 e. The molecule has 4 atom stereocenters. The third kappa shape index (κ3) is 2.54. The summed E-state index contributed by atoms with van der Waals surface area (Å²) in [6, 6.07) is 0. The molecule has 0 spiro atoms. The molecule has 2 fully saturated rings. The van der Waals surface area contributed by atoms with E-state index in [1.54, 1.807) is 6.92 Å². The van der Waals surface area contributed by atoms with Crippen LogP contribution in [-0.4, -0.2) is 41.3 Å². The molecule has 0 amide bonds. The molecular formula is C10H14O5. The highest BCUT2D eigenvalue weighted by Crippen LogP contribution is 2.32. The number of Topliss-reactive ketones (excluding diaryl/α,β-unsaturated/α-hetero) is 1. The van der Waals surface area contributed by atoms with E-state index >= 15 is 0 Å². The number of carbonyl (C=O) groups is 2. The molecule has 2 aliphatic rings. The van der Waals surface area contributed by atoms with Gasteiger partial charge in [0, 0.05) is 12.8 Å². The van der Waals surface area contributed by atoms with E-state index < -0.39 is 12.1 Å². The number of rotatable bonds is 0. The van der Waals surface area contributed by atoms with Crippen molar-refractivity contribution in [3.8, 4) is 0 Å². The molecule has 2 aliphatic heterocycles. The van der Waals surface area contributed by atoms with E-state index in [0.29, 0.717) is 6.42 Å². The van der Waals surface area contributed by atoms with Crippen molar-refractivity contribution in [3.63, 3.8) is 0 Å². The number of esters is 1. The molecule has 0 radical (unpaired) electrons. The fourth-order valence-corrected chi connectivity index (χ4v) is 1.91. The van der Waals surface area contributed by atoms with E-state index in [1.807, 2.05) is 0 Å². The van der Waals surface area contributed by atoms with Gasteiger partial charge in [-0.15, -0.1) is 0 Å². The Kier molecular flexibility index (Phi) is 2.75. The predicted molar refractivity (Wildman–Crippen MR) is 49.1 cm³/mol. The van der Waals surface area contributed by atoms with Crippen molar-refractivity contribution in [1.82, 2.24) is 0 Å². The number of epoxide rings is 1. The van der Waals surface area contributed by atoms with Crippen LogP contribution in [0, 0.1) is 0 Å². The lowest BCUT2D eigenvalue weighted by molar-refractivity contribution is -0.150. The lowest BCUT2D eigenvalue weighted by Crippen LogP contribution is -2.27. The quantitative estimate of drug-likeness (QED) is 0.262. The summed E-state index contributed by atoms with van der Waals surface area (Å²) in [5.74, 6) is -0.811. The summed E-state index contributed by atoms with van der Waals surface area (Å²) >= 11 is 0. The number of ether oxygens (including phenoxy) is 2. The number of carbonyl (C=O) groups excluding carboxylic acids is 2. The largest absolute Gasteiger partial charge is 0.462 e. The highest BCUT2D eigenvalue weighted by Gasteiger charge is 2.46. The molecule has 2 saturated heterocycles. The van der Waals surface area contributed by atoms with Gasteiger partial charge in [0.2, 0.25) is 0 Å². The second-order valence-corrected chi connectivity index (χ2v) is 4.16. The molecule has 0 aliphatic carbocycles. The maximum absolute atomic E-state index is 11.3. The van der Waals surface area contributed by atoms with E-state index in [-0.39, 0.29) is 36.9 Å². The number of ketones is 1. The standard InChI is InChI=1S/C10H14O5/c1-5-2-8-10(15-8)7(12)3-6(11)4-9(13)14-5/h5,7-8,10,12H,2-4H2,1H3/t5-,7-,8+,10-/m1/s1/i15+2. The first-order valence-electron chi connectivity index (χ1n) is 5.11. The zero-order valence-electron chi connectivity index (χ0n) is 8.51. The van der Waals surface area contributed by atoms with Crippen LogP contribution in [0.4, 0.5) is 0 Å². The highest BCUT2D eigenvalue weighted by atomic mass is 18.4. The van der Waals surface area contributed by atoms with Gasteiger partial charge in [0.25, 0.3) is 0 Å². The monoisotopic (exact) mass is 216 g/mol. The third-order valence-corrected chi connectivity index (χ3v) is 2.68. The lowest BCUT2D eigenvalue weighted by atomic mass is 10.0. The number of cyclic esters (lactones) is 1. The molecule has 5 nitrogen and oxygen atoms in total. The summed E-state index contributed by atoms with van der Waals surface area (Å²) in [6.07, 6.45) is -1.06. The first-order chi connectivity index (χ1) is 7.06. The minimum absolute atomic E-state index is 0.0232. The first kappa shape index (κ1) is 10.6. The Labute approximate surface area is 87.4 Å². The van der Waals surface area contributed by atoms with Crippen LogP contribution in [0.5, 0.6) is 0 Å². The first-order valence-corrected chi connectivity index (χ1v) is 5.11. The van der Waals surface area contributed by atoms with E-state index in [0.717, 1.165) is 0 Å². The van der Waals surface area contributed by atoms with Crippen LogP contribution in [0.3, 0.4) is 0 Å². The topological polar surface area (TPSA) is 76.1 Å². The molecule has 0 aromatic carbocycles. The van der Waals surface area contributed by atoms with Crippen LogP contribution in [0.2, 0.25) is 0 Å². The lowest BCUT2D eigenvalue weighted by Gasteiger charge is -2.14. The molecule has 84 valence electrons. The number of hydrogen-bond acceptors (Lipinski definition) is 5. The Hall–Kier alpha value is -0.940. The summed E-state index contributed by atoms with van der Waals surface area (Å²) < 4.78 is 10.2. The number of aliphatic hydroxyl groups excluding tert-OH is 1. The van der Waals surface area contributed by atoms with Gasteiger partial charge in [-0.05, 0) is 6.92 Å². The predicted octanol–water partition coefficient (Wildman–Crippen LogP) is -0.201. The van der Waals surface area contributed by atoms with Crippen LogP contribution in [0.15, 0.2) is 0 Å². The summed E-state index contributed by atoms with van der Waals surface area (Å²) in [5.41, 5.74) is 0. The Morgan fingerprint density at radius 1 is 1.47 bits per heavy atom. The molecule has 15 heavy (non-hydrogen) atoms. The van der Waals surface area contributed by atoms with E-state index in [2.05, 4.69) is 0 Å². The van der Waals surface area contributed by atoms with Gasteiger partial charge in [0.05, 0.1) is 12.2 Å². The van der Waals surface area contributed by atoms with Crippen LogP contribution < -0.4 is 0 Å². The molecule has 2 rings (SSSR count). The Morgan fingerprint density at radius 3 is 2.93 bits per heavy atom. The molecular weight excluding hydrogens is 202 g/mol. The van der Waals surface area contributed by atoms with E-state index in [4.69, 9.17) is 9.47 Å². The average molecular weight is 216 g/mol. The van der Waals surface area contributed by atoms with Crippen molar-refractivity contribution < 1.29 is 24.2 Å². The van der Waals surface area contributed by atoms with Crippen molar-refractivity contribution in [3.05, 3.63) is 0 Å². The maximum Gasteiger partial charge on any atom is 0.313 e. The van der Waals surface area contributed by atoms with E-state index in [9.17, 15) is 14.7 Å². The Bertz CT molecular complexity index is 288. The molecule has 5 heteroatoms. The summed E-state index contributed by atoms with van der Waals surface area (Å²) in [7, 11) is 0. The van der Waals surface area contributed by atoms with Gasteiger partial charge in [-0.2, -0.15) is 0 Å². The van der Waals surface area contributed by atoms with Crippen molar-refractivity contribution in [2.75, 3.05) is 0 Å². The van der Waals surface area contributed by atoms with Crippen molar-refractivity contribution in [2.24, 2.45) is 0 Å². The summed E-state index contributed by atoms with van der Waals surface area (Å²) in [6.45, 7) is 1.76. The number of hydrogen-bond donors (Lipinski definition) is 1. The molecule has 2 heterocycles. The summed E-state index contributed by atoms with van der Waals surface area (Å²) in [4.78, 5) is 22.5. The van der Waals surface area contributed by atoms with Crippen LogP contribution in [0.1, 0.15) is 26.2 Å². The van der Waals surface area contributed by atoms with Gasteiger partial charge in [-0.3, -0.25) is 9.59 Å². The van der Waals surface area contributed by atoms with Crippen molar-refractivity contribution in [2.45, 2.75) is 50.6 Å². The van der Waals surface area contributed by atoms with Crippen LogP contribution in [-0.2, 0) is 19.1 Å². The minimum atomic E-state index is -0.777. The van der Waals surface area contributed by atoms with Crippen LogP contribution in [0.25, 0.3) is 0 Å². The Morgan fingerprint density at radius 2 is 2.20 bits per heavy atom. The zero-order chi connectivity index (χ0) is 11.0. The molecule has 0 aromatic heterocycles. The molecule has 0 bridgehead atoms. The van der Waals surface area contributed by atoms with Crippen LogP contribution >= 0.6 is 0 Å². The van der Waals surface area contributed by atoms with Gasteiger partial charge in [0.15, 0.2) is 0 Å². The molecule has 0 unspecified atom stereocenters. The SMILES string of the molecule is C[C@@H]1C[C@@H]2[18O][C@@H]2[C@H](O)CC(=O)CC(=O)O1.